The lowest BCUT2D eigenvalue weighted by atomic mass is 10.2. The average molecular weight is 468 g/mol. The van der Waals surface area contributed by atoms with E-state index in [4.69, 9.17) is 0 Å². The maximum atomic E-state index is 12.5. The van der Waals surface area contributed by atoms with Gasteiger partial charge < -0.3 is 0 Å². The van der Waals surface area contributed by atoms with Gasteiger partial charge >= 0.3 is 0 Å². The van der Waals surface area contributed by atoms with E-state index in [0.29, 0.717) is 5.56 Å². The van der Waals surface area contributed by atoms with Crippen molar-refractivity contribution in [2.45, 2.75) is 4.90 Å². The van der Waals surface area contributed by atoms with Crippen molar-refractivity contribution < 1.29 is 16.8 Å². The van der Waals surface area contributed by atoms with Crippen LogP contribution in [-0.4, -0.2) is 39.7 Å². The van der Waals surface area contributed by atoms with E-state index in [0.717, 1.165) is 15.0 Å². The Labute approximate surface area is 168 Å². The van der Waals surface area contributed by atoms with Crippen LogP contribution in [0, 0.1) is 11.8 Å². The summed E-state index contributed by atoms with van der Waals surface area (Å²) in [4.78, 5) is 0.110. The molecule has 0 saturated carbocycles. The van der Waals surface area contributed by atoms with Crippen molar-refractivity contribution in [1.82, 2.24) is 4.31 Å². The molecular weight excluding hydrogens is 450 g/mol. The van der Waals surface area contributed by atoms with E-state index in [1.165, 1.54) is 12.1 Å². The fourth-order valence-electron chi connectivity index (χ4n) is 2.24. The Morgan fingerprint density at radius 3 is 2.22 bits per heavy atom. The normalized spacial score (nSPS) is 11.3. The van der Waals surface area contributed by atoms with Gasteiger partial charge in [-0.15, -0.1) is 0 Å². The molecule has 0 amide bonds. The Hall–Kier alpha value is -2.08. The van der Waals surface area contributed by atoms with Crippen molar-refractivity contribution in [2.24, 2.45) is 0 Å². The Kier molecular flexibility index (Phi) is 6.87. The summed E-state index contributed by atoms with van der Waals surface area (Å²) in [5.41, 5.74) is 0.649. The van der Waals surface area contributed by atoms with Crippen LogP contribution in [0.25, 0.3) is 0 Å². The minimum atomic E-state index is -3.73. The second-order valence-corrected chi connectivity index (χ2v) is 10.4. The van der Waals surface area contributed by atoms with Crippen LogP contribution in [0.15, 0.2) is 76.2 Å². The van der Waals surface area contributed by atoms with Crippen molar-refractivity contribution in [2.75, 3.05) is 18.6 Å². The molecule has 142 valence electrons. The van der Waals surface area contributed by atoms with Gasteiger partial charge in [0.2, 0.25) is 10.0 Å². The summed E-state index contributed by atoms with van der Waals surface area (Å²) in [5, 5.41) is 0. The molecule has 0 aliphatic heterocycles. The highest BCUT2D eigenvalue weighted by Crippen LogP contribution is 2.17. The summed E-state index contributed by atoms with van der Waals surface area (Å²) in [5.74, 6) is 5.12. The maximum Gasteiger partial charge on any atom is 0.232 e. The van der Waals surface area contributed by atoms with E-state index in [-0.39, 0.29) is 17.1 Å². The molecule has 0 aliphatic carbocycles. The SMILES string of the molecule is C=C(CS(=O)(=O)c1ccccc1)N(CC#Cc1ccccc1Br)S(C)(=O)=O. The number of halogens is 1. The highest BCUT2D eigenvalue weighted by Gasteiger charge is 2.23. The highest BCUT2D eigenvalue weighted by molar-refractivity contribution is 9.10. The van der Waals surface area contributed by atoms with Gasteiger partial charge in [-0.3, -0.25) is 4.31 Å². The quantitative estimate of drug-likeness (QED) is 0.612. The zero-order valence-electron chi connectivity index (χ0n) is 14.6. The summed E-state index contributed by atoms with van der Waals surface area (Å²) < 4.78 is 50.9. The highest BCUT2D eigenvalue weighted by atomic mass is 79.9. The Morgan fingerprint density at radius 1 is 1.04 bits per heavy atom. The smallest absolute Gasteiger partial charge is 0.232 e. The van der Waals surface area contributed by atoms with Gasteiger partial charge in [0.1, 0.15) is 0 Å². The van der Waals surface area contributed by atoms with Crippen LogP contribution in [0.4, 0.5) is 0 Å². The Balaban J connectivity index is 2.22. The predicted molar refractivity (Wildman–Crippen MR) is 110 cm³/mol. The molecule has 0 radical (unpaired) electrons. The average Bonchev–Trinajstić information content (AvgIpc) is 2.59. The van der Waals surface area contributed by atoms with Crippen molar-refractivity contribution in [1.29, 1.82) is 0 Å². The molecule has 0 unspecified atom stereocenters. The molecule has 0 aromatic heterocycles. The molecule has 0 heterocycles. The van der Waals surface area contributed by atoms with Crippen LogP contribution in [0.2, 0.25) is 0 Å². The fraction of sp³-hybridized carbons (Fsp3) is 0.158. The summed E-state index contributed by atoms with van der Waals surface area (Å²) in [6.45, 7) is 3.47. The molecule has 0 fully saturated rings. The van der Waals surface area contributed by atoms with Gasteiger partial charge in [-0.25, -0.2) is 16.8 Å². The van der Waals surface area contributed by atoms with E-state index in [1.54, 1.807) is 24.3 Å². The Morgan fingerprint density at radius 2 is 1.63 bits per heavy atom. The molecule has 2 aromatic rings. The molecule has 0 bridgehead atoms. The first-order chi connectivity index (χ1) is 12.6. The summed E-state index contributed by atoms with van der Waals surface area (Å²) in [7, 11) is -7.44. The number of rotatable bonds is 6. The lowest BCUT2D eigenvalue weighted by Gasteiger charge is -2.22. The van der Waals surface area contributed by atoms with Crippen molar-refractivity contribution in [3.8, 4) is 11.8 Å². The summed E-state index contributed by atoms with van der Waals surface area (Å²) in [6.07, 6.45) is 0.993. The van der Waals surface area contributed by atoms with Gasteiger partial charge in [0.15, 0.2) is 9.84 Å². The Bertz CT molecular complexity index is 1100. The topological polar surface area (TPSA) is 71.5 Å². The second-order valence-electron chi connectivity index (χ2n) is 5.69. The van der Waals surface area contributed by atoms with Gasteiger partial charge in [0.25, 0.3) is 0 Å². The number of hydrogen-bond acceptors (Lipinski definition) is 4. The van der Waals surface area contributed by atoms with Crippen molar-refractivity contribution in [3.05, 3.63) is 76.9 Å². The van der Waals surface area contributed by atoms with Gasteiger partial charge in [-0.05, 0) is 40.2 Å². The third-order valence-corrected chi connectivity index (χ3v) is 7.11. The fourth-order valence-corrected chi connectivity index (χ4v) is 4.87. The van der Waals surface area contributed by atoms with Gasteiger partial charge in [-0.2, -0.15) is 0 Å². The zero-order chi connectivity index (χ0) is 20.1. The van der Waals surface area contributed by atoms with Crippen LogP contribution in [-0.2, 0) is 19.9 Å². The second kappa shape index (κ2) is 8.74. The molecule has 27 heavy (non-hydrogen) atoms. The molecule has 0 aliphatic rings. The molecular formula is C19H18BrNO4S2. The number of sulfone groups is 1. The van der Waals surface area contributed by atoms with E-state index < -0.39 is 25.6 Å². The van der Waals surface area contributed by atoms with E-state index in [9.17, 15) is 16.8 Å². The third-order valence-electron chi connectivity index (χ3n) is 3.53. The third kappa shape index (κ3) is 5.96. The summed E-state index contributed by atoms with van der Waals surface area (Å²) in [6, 6.07) is 15.1. The lowest BCUT2D eigenvalue weighted by molar-refractivity contribution is 0.513. The lowest BCUT2D eigenvalue weighted by Crippen LogP contribution is -2.32. The van der Waals surface area contributed by atoms with Crippen LogP contribution in [0.1, 0.15) is 5.56 Å². The van der Waals surface area contributed by atoms with Crippen LogP contribution in [0.5, 0.6) is 0 Å². The number of sulfonamides is 1. The first-order valence-electron chi connectivity index (χ1n) is 7.78. The number of hydrogen-bond donors (Lipinski definition) is 0. The van der Waals surface area contributed by atoms with Gasteiger partial charge in [0.05, 0.1) is 23.4 Å². The number of benzene rings is 2. The van der Waals surface area contributed by atoms with Gasteiger partial charge in [-0.1, -0.05) is 48.8 Å². The number of nitrogens with zero attached hydrogens (tertiary/aromatic N) is 1. The van der Waals surface area contributed by atoms with Crippen molar-refractivity contribution in [3.63, 3.8) is 0 Å². The molecule has 0 atom stereocenters. The molecule has 0 N–H and O–H groups in total. The predicted octanol–water partition coefficient (Wildman–Crippen LogP) is 3.05. The first-order valence-corrected chi connectivity index (χ1v) is 12.1. The molecule has 8 heteroatoms. The van der Waals surface area contributed by atoms with Crippen molar-refractivity contribution >= 4 is 35.8 Å². The van der Waals surface area contributed by atoms with Crippen LogP contribution >= 0.6 is 15.9 Å². The van der Waals surface area contributed by atoms with E-state index in [1.807, 2.05) is 18.2 Å². The van der Waals surface area contributed by atoms with E-state index in [2.05, 4.69) is 34.3 Å². The first kappa shape index (κ1) is 21.2. The van der Waals surface area contributed by atoms with Crippen LogP contribution in [0.3, 0.4) is 0 Å². The minimum Gasteiger partial charge on any atom is -0.262 e. The van der Waals surface area contributed by atoms with Crippen LogP contribution < -0.4 is 0 Å². The summed E-state index contributed by atoms with van der Waals surface area (Å²) >= 11 is 3.37. The molecule has 0 spiro atoms. The monoisotopic (exact) mass is 467 g/mol. The molecule has 2 aromatic carbocycles. The maximum absolute atomic E-state index is 12.5. The molecule has 0 saturated heterocycles. The minimum absolute atomic E-state index is 0.0530. The molecule has 2 rings (SSSR count). The van der Waals surface area contributed by atoms with E-state index >= 15 is 0 Å². The molecule has 5 nitrogen and oxygen atoms in total. The standard InChI is InChI=1S/C19H18BrNO4S2/c1-16(15-27(24,25)18-11-4-3-5-12-18)21(26(2,22)23)14-8-10-17-9-6-7-13-19(17)20/h3-7,9,11-13H,1,14-15H2,2H3. The zero-order valence-corrected chi connectivity index (χ0v) is 17.8. The van der Waals surface area contributed by atoms with Gasteiger partial charge in [0, 0.05) is 15.7 Å². The largest absolute Gasteiger partial charge is 0.262 e.